The van der Waals surface area contributed by atoms with Gasteiger partial charge >= 0.3 is 6.18 Å². The molecule has 1 amide bonds. The molecular formula is C23H25F3N4O2. The molecule has 3 rings (SSSR count). The van der Waals surface area contributed by atoms with Crippen LogP contribution in [-0.2, 0) is 23.9 Å². The van der Waals surface area contributed by atoms with Crippen LogP contribution in [0.1, 0.15) is 39.9 Å². The van der Waals surface area contributed by atoms with Crippen LogP contribution < -0.4 is 5.56 Å². The molecule has 1 aliphatic heterocycles. The molecule has 0 radical (unpaired) electrons. The van der Waals surface area contributed by atoms with Gasteiger partial charge < -0.3 is 9.88 Å². The van der Waals surface area contributed by atoms with E-state index in [1.807, 2.05) is 6.07 Å². The van der Waals surface area contributed by atoms with Crippen molar-refractivity contribution in [2.45, 2.75) is 39.4 Å². The summed E-state index contributed by atoms with van der Waals surface area (Å²) < 4.78 is 38.1. The second-order valence-electron chi connectivity index (χ2n) is 8.02. The topological polar surface area (TPSA) is 80.2 Å². The first-order chi connectivity index (χ1) is 15.1. The average molecular weight is 446 g/mol. The number of hydrogen-bond acceptors (Lipinski definition) is 4. The zero-order valence-corrected chi connectivity index (χ0v) is 18.1. The number of pyridine rings is 1. The van der Waals surface area contributed by atoms with Gasteiger partial charge in [-0.15, -0.1) is 0 Å². The minimum absolute atomic E-state index is 0.00249. The molecule has 1 aromatic carbocycles. The second kappa shape index (κ2) is 9.57. The number of H-pyrrole nitrogens is 1. The summed E-state index contributed by atoms with van der Waals surface area (Å²) >= 11 is 0. The smallest absolute Gasteiger partial charge is 0.340 e. The molecule has 0 aliphatic carbocycles. The molecule has 0 spiro atoms. The highest BCUT2D eigenvalue weighted by Gasteiger charge is 2.30. The molecule has 1 N–H and O–H groups in total. The molecule has 0 unspecified atom stereocenters. The molecular weight excluding hydrogens is 421 g/mol. The van der Waals surface area contributed by atoms with E-state index in [2.05, 4.69) is 9.88 Å². The van der Waals surface area contributed by atoms with Crippen LogP contribution in [0.2, 0.25) is 0 Å². The van der Waals surface area contributed by atoms with Gasteiger partial charge in [-0.2, -0.15) is 18.4 Å². The number of aromatic nitrogens is 1. The van der Waals surface area contributed by atoms with Gasteiger partial charge in [0.1, 0.15) is 11.6 Å². The van der Waals surface area contributed by atoms with E-state index in [0.29, 0.717) is 50.4 Å². The minimum atomic E-state index is -4.34. The Balaban J connectivity index is 1.52. The van der Waals surface area contributed by atoms with Gasteiger partial charge in [0.15, 0.2) is 0 Å². The lowest BCUT2D eigenvalue weighted by Gasteiger charge is -2.35. The maximum atomic E-state index is 12.7. The fraction of sp³-hybridized carbons (Fsp3) is 0.435. The Hall–Kier alpha value is -3.12. The molecule has 170 valence electrons. The van der Waals surface area contributed by atoms with Crippen molar-refractivity contribution in [1.29, 1.82) is 5.26 Å². The van der Waals surface area contributed by atoms with E-state index in [0.717, 1.165) is 23.3 Å². The number of nitriles is 1. The maximum Gasteiger partial charge on any atom is 0.416 e. The van der Waals surface area contributed by atoms with Gasteiger partial charge in [0.2, 0.25) is 5.91 Å². The molecule has 32 heavy (non-hydrogen) atoms. The first kappa shape index (κ1) is 23.5. The molecule has 1 aliphatic rings. The summed E-state index contributed by atoms with van der Waals surface area (Å²) in [4.78, 5) is 31.1. The van der Waals surface area contributed by atoms with Crippen LogP contribution in [-0.4, -0.2) is 46.9 Å². The molecule has 0 bridgehead atoms. The number of amides is 1. The monoisotopic (exact) mass is 446 g/mol. The Kier molecular flexibility index (Phi) is 7.04. The summed E-state index contributed by atoms with van der Waals surface area (Å²) in [6.45, 7) is 6.39. The third-order valence-corrected chi connectivity index (χ3v) is 5.92. The van der Waals surface area contributed by atoms with Crippen LogP contribution >= 0.6 is 0 Å². The van der Waals surface area contributed by atoms with Crippen molar-refractivity contribution in [2.24, 2.45) is 0 Å². The molecule has 0 saturated carbocycles. The molecule has 6 nitrogen and oxygen atoms in total. The van der Waals surface area contributed by atoms with E-state index in [1.54, 1.807) is 18.7 Å². The highest BCUT2D eigenvalue weighted by atomic mass is 19.4. The van der Waals surface area contributed by atoms with Crippen LogP contribution in [0.25, 0.3) is 0 Å². The standard InChI is InChI=1S/C23H25F3N4O2/c1-15-19(16(2)28-22(32)20(15)13-27)7-8-21(31)30-11-9-29(10-12-30)14-17-3-5-18(6-4-17)23(24,25)26/h3-6H,7-12,14H2,1-2H3,(H,28,32). The van der Waals surface area contributed by atoms with Gasteiger partial charge in [0.05, 0.1) is 5.56 Å². The van der Waals surface area contributed by atoms with Crippen LogP contribution in [0.15, 0.2) is 29.1 Å². The van der Waals surface area contributed by atoms with Gasteiger partial charge in [-0.1, -0.05) is 12.1 Å². The Morgan fingerprint density at radius 1 is 1.12 bits per heavy atom. The highest BCUT2D eigenvalue weighted by Crippen LogP contribution is 2.29. The lowest BCUT2D eigenvalue weighted by Crippen LogP contribution is -2.48. The second-order valence-corrected chi connectivity index (χ2v) is 8.02. The van der Waals surface area contributed by atoms with Crippen molar-refractivity contribution in [3.05, 3.63) is 68.1 Å². The van der Waals surface area contributed by atoms with Crippen molar-refractivity contribution in [1.82, 2.24) is 14.8 Å². The quantitative estimate of drug-likeness (QED) is 0.765. The molecule has 0 atom stereocenters. The molecule has 2 aromatic rings. The van der Waals surface area contributed by atoms with E-state index < -0.39 is 17.3 Å². The van der Waals surface area contributed by atoms with Crippen molar-refractivity contribution in [3.8, 4) is 6.07 Å². The number of halogens is 3. The van der Waals surface area contributed by atoms with Crippen LogP contribution in [0.5, 0.6) is 0 Å². The first-order valence-electron chi connectivity index (χ1n) is 10.4. The molecule has 1 saturated heterocycles. The Bertz CT molecular complexity index is 1080. The van der Waals surface area contributed by atoms with Gasteiger partial charge in [-0.3, -0.25) is 14.5 Å². The predicted molar refractivity (Wildman–Crippen MR) is 113 cm³/mol. The number of nitrogens with zero attached hydrogens (tertiary/aromatic N) is 3. The molecule has 1 fully saturated rings. The predicted octanol–water partition coefficient (Wildman–Crippen LogP) is 3.16. The van der Waals surface area contributed by atoms with Crippen molar-refractivity contribution >= 4 is 5.91 Å². The van der Waals surface area contributed by atoms with Gasteiger partial charge in [0.25, 0.3) is 5.56 Å². The van der Waals surface area contributed by atoms with E-state index in [9.17, 15) is 28.0 Å². The number of alkyl halides is 3. The van der Waals surface area contributed by atoms with Crippen LogP contribution in [0.4, 0.5) is 13.2 Å². The SMILES string of the molecule is Cc1[nH]c(=O)c(C#N)c(C)c1CCC(=O)N1CCN(Cc2ccc(C(F)(F)F)cc2)CC1. The molecule has 1 aromatic heterocycles. The zero-order valence-electron chi connectivity index (χ0n) is 18.1. The fourth-order valence-electron chi connectivity index (χ4n) is 4.02. The van der Waals surface area contributed by atoms with Gasteiger partial charge in [-0.25, -0.2) is 0 Å². The number of carbonyl (C=O) groups excluding carboxylic acids is 1. The summed E-state index contributed by atoms with van der Waals surface area (Å²) in [6, 6.07) is 7.08. The zero-order chi connectivity index (χ0) is 23.5. The van der Waals surface area contributed by atoms with Crippen molar-refractivity contribution in [2.75, 3.05) is 26.2 Å². The number of aryl methyl sites for hydroxylation is 1. The summed E-state index contributed by atoms with van der Waals surface area (Å²) in [7, 11) is 0. The molecule has 2 heterocycles. The number of piperazine rings is 1. The molecule has 9 heteroatoms. The Morgan fingerprint density at radius 3 is 2.31 bits per heavy atom. The summed E-state index contributed by atoms with van der Waals surface area (Å²) in [6.07, 6.45) is -3.63. The normalized spacial score (nSPS) is 14.9. The number of nitrogens with one attached hydrogen (secondary N) is 1. The summed E-state index contributed by atoms with van der Waals surface area (Å²) in [5.41, 5.74) is 1.90. The Morgan fingerprint density at radius 2 is 1.75 bits per heavy atom. The van der Waals surface area contributed by atoms with E-state index >= 15 is 0 Å². The third-order valence-electron chi connectivity index (χ3n) is 5.92. The van der Waals surface area contributed by atoms with Crippen molar-refractivity contribution in [3.63, 3.8) is 0 Å². The van der Waals surface area contributed by atoms with Gasteiger partial charge in [0, 0.05) is 44.8 Å². The van der Waals surface area contributed by atoms with Crippen molar-refractivity contribution < 1.29 is 18.0 Å². The summed E-state index contributed by atoms with van der Waals surface area (Å²) in [5, 5.41) is 9.18. The number of rotatable bonds is 5. The number of benzene rings is 1. The largest absolute Gasteiger partial charge is 0.416 e. The number of carbonyl (C=O) groups is 1. The summed E-state index contributed by atoms with van der Waals surface area (Å²) in [5.74, 6) is 0.00249. The maximum absolute atomic E-state index is 12.7. The fourth-order valence-corrected chi connectivity index (χ4v) is 4.02. The van der Waals surface area contributed by atoms with E-state index in [1.165, 1.54) is 12.1 Å². The first-order valence-corrected chi connectivity index (χ1v) is 10.4. The van der Waals surface area contributed by atoms with Crippen LogP contribution in [0.3, 0.4) is 0 Å². The Labute approximate surface area is 184 Å². The number of aromatic amines is 1. The minimum Gasteiger partial charge on any atom is -0.340 e. The highest BCUT2D eigenvalue weighted by molar-refractivity contribution is 5.76. The number of hydrogen-bond donors (Lipinski definition) is 1. The lowest BCUT2D eigenvalue weighted by molar-refractivity contribution is -0.137. The average Bonchev–Trinajstić information content (AvgIpc) is 2.74. The van der Waals surface area contributed by atoms with Gasteiger partial charge in [-0.05, 0) is 49.1 Å². The third kappa shape index (κ3) is 5.37. The van der Waals surface area contributed by atoms with Crippen LogP contribution in [0, 0.1) is 25.2 Å². The van der Waals surface area contributed by atoms with E-state index in [4.69, 9.17) is 0 Å². The lowest BCUT2D eigenvalue weighted by atomic mass is 9.99. The van der Waals surface area contributed by atoms with E-state index in [-0.39, 0.29) is 17.9 Å².